The van der Waals surface area contributed by atoms with Crippen LogP contribution in [-0.4, -0.2) is 85.8 Å². The van der Waals surface area contributed by atoms with Gasteiger partial charge in [-0.25, -0.2) is 0 Å². The number of aromatic nitrogens is 2. The third-order valence-electron chi connectivity index (χ3n) is 7.00. The highest BCUT2D eigenvalue weighted by molar-refractivity contribution is 6.02. The number of nitrogens with zero attached hydrogens (tertiary/aromatic N) is 4. The molecule has 206 valence electrons. The molecule has 0 bridgehead atoms. The molecule has 2 heterocycles. The normalized spacial score (nSPS) is 12.8. The van der Waals surface area contributed by atoms with Crippen molar-refractivity contribution in [2.24, 2.45) is 21.5 Å². The molecule has 6 N–H and O–H groups in total. The quantitative estimate of drug-likeness (QED) is 0.156. The average Bonchev–Trinajstić information content (AvgIpc) is 3.56. The van der Waals surface area contributed by atoms with Gasteiger partial charge in [-0.1, -0.05) is 48.5 Å². The first-order valence-corrected chi connectivity index (χ1v) is 13.5. The summed E-state index contributed by atoms with van der Waals surface area (Å²) in [5.41, 5.74) is 20.8. The van der Waals surface area contributed by atoms with Crippen molar-refractivity contribution < 1.29 is 0 Å². The maximum Gasteiger partial charge on any atom is 0.125 e. The van der Waals surface area contributed by atoms with Gasteiger partial charge in [-0.15, -0.1) is 0 Å². The summed E-state index contributed by atoms with van der Waals surface area (Å²) in [6, 6.07) is 25.3. The second-order valence-corrected chi connectivity index (χ2v) is 10.7. The second-order valence-electron chi connectivity index (χ2n) is 10.7. The zero-order valence-electron chi connectivity index (χ0n) is 23.7. The van der Waals surface area contributed by atoms with E-state index >= 15 is 0 Å². The number of H-pyrrole nitrogens is 2. The predicted molar refractivity (Wildman–Crippen MR) is 169 cm³/mol. The molecular formula is C32H38N8. The molecule has 0 unspecified atom stereocenters. The van der Waals surface area contributed by atoms with Crippen molar-refractivity contribution in [3.63, 3.8) is 0 Å². The zero-order valence-corrected chi connectivity index (χ0v) is 23.7. The number of nitrogens with one attached hydrogen (secondary N) is 2. The molecule has 0 aliphatic carbocycles. The molecule has 0 radical (unpaired) electrons. The van der Waals surface area contributed by atoms with E-state index in [2.05, 4.69) is 90.4 Å². The number of nitrogens with two attached hydrogens (primary N) is 2. The Hall–Kier alpha value is -4.40. The topological polar surface area (TPSA) is 115 Å². The van der Waals surface area contributed by atoms with Crippen LogP contribution in [-0.2, 0) is 0 Å². The van der Waals surface area contributed by atoms with Crippen LogP contribution in [0.2, 0.25) is 0 Å². The molecule has 0 saturated carbocycles. The van der Waals surface area contributed by atoms with Crippen LogP contribution in [0.15, 0.2) is 82.8 Å². The highest BCUT2D eigenvalue weighted by Crippen LogP contribution is 2.29. The molecule has 0 aliphatic rings. The molecule has 2 aromatic heterocycles. The Labute approximate surface area is 235 Å². The van der Waals surface area contributed by atoms with Gasteiger partial charge < -0.3 is 31.2 Å². The first-order chi connectivity index (χ1) is 19.3. The zero-order chi connectivity index (χ0) is 28.2. The SMILES string of the molecule is CN(C)CC/N=C(\N)c1ccc2cc(-c3ccc(-c4cc5ccc(/C(N)=N/CCN(C)C)cc5[nH]4)cc3)[nH]c2c1. The third kappa shape index (κ3) is 6.25. The van der Waals surface area contributed by atoms with E-state index in [0.29, 0.717) is 24.8 Å². The number of benzene rings is 3. The number of amidine groups is 2. The van der Waals surface area contributed by atoms with Crippen LogP contribution in [0.4, 0.5) is 0 Å². The van der Waals surface area contributed by atoms with Crippen molar-refractivity contribution in [1.82, 2.24) is 19.8 Å². The monoisotopic (exact) mass is 534 g/mol. The molecular weight excluding hydrogens is 496 g/mol. The van der Waals surface area contributed by atoms with E-state index in [4.69, 9.17) is 11.5 Å². The Morgan fingerprint density at radius 3 is 1.38 bits per heavy atom. The summed E-state index contributed by atoms with van der Waals surface area (Å²) >= 11 is 0. The molecule has 0 saturated heterocycles. The van der Waals surface area contributed by atoms with E-state index in [9.17, 15) is 0 Å². The van der Waals surface area contributed by atoms with Crippen LogP contribution in [0.5, 0.6) is 0 Å². The summed E-state index contributed by atoms with van der Waals surface area (Å²) in [5, 5.41) is 2.28. The van der Waals surface area contributed by atoms with Crippen molar-refractivity contribution in [2.45, 2.75) is 0 Å². The van der Waals surface area contributed by atoms with E-state index < -0.39 is 0 Å². The standard InChI is InChI=1S/C32H38N8/c1-39(2)15-13-35-31(33)25-11-9-23-17-27(37-29(23)19-25)21-5-7-22(8-6-21)28-18-24-10-12-26(20-30(24)38-28)32(34)36-14-16-40(3)4/h5-12,17-20,37-38H,13-16H2,1-4H3,(H2,33,35)(H2,34,36). The van der Waals surface area contributed by atoms with Crippen LogP contribution in [0.3, 0.4) is 0 Å². The number of aliphatic imine (C=N–C) groups is 2. The molecule has 8 heteroatoms. The minimum absolute atomic E-state index is 0.564. The summed E-state index contributed by atoms with van der Waals surface area (Å²) in [6.45, 7) is 3.09. The molecule has 5 aromatic rings. The van der Waals surface area contributed by atoms with Gasteiger partial charge in [-0.05, 0) is 63.6 Å². The fourth-order valence-corrected chi connectivity index (χ4v) is 4.64. The van der Waals surface area contributed by atoms with Crippen molar-refractivity contribution >= 4 is 33.5 Å². The number of rotatable bonds is 10. The lowest BCUT2D eigenvalue weighted by molar-refractivity contribution is 0.420. The van der Waals surface area contributed by atoms with Gasteiger partial charge in [0, 0.05) is 57.4 Å². The smallest absolute Gasteiger partial charge is 0.125 e. The molecule has 0 aliphatic heterocycles. The van der Waals surface area contributed by atoms with E-state index in [-0.39, 0.29) is 0 Å². The van der Waals surface area contributed by atoms with Gasteiger partial charge in [0.15, 0.2) is 0 Å². The molecule has 0 spiro atoms. The fraction of sp³-hybridized carbons (Fsp3) is 0.250. The molecule has 0 fully saturated rings. The van der Waals surface area contributed by atoms with Gasteiger partial charge in [0.1, 0.15) is 11.7 Å². The molecule has 40 heavy (non-hydrogen) atoms. The molecule has 5 rings (SSSR count). The van der Waals surface area contributed by atoms with Gasteiger partial charge in [0.2, 0.25) is 0 Å². The van der Waals surface area contributed by atoms with Crippen LogP contribution >= 0.6 is 0 Å². The minimum atomic E-state index is 0.564. The first kappa shape index (κ1) is 27.2. The fourth-order valence-electron chi connectivity index (χ4n) is 4.64. The lowest BCUT2D eigenvalue weighted by atomic mass is 10.1. The van der Waals surface area contributed by atoms with Crippen molar-refractivity contribution in [1.29, 1.82) is 0 Å². The average molecular weight is 535 g/mol. The Balaban J connectivity index is 1.33. The summed E-state index contributed by atoms with van der Waals surface area (Å²) in [6.07, 6.45) is 0. The number of aromatic amines is 2. The van der Waals surface area contributed by atoms with Gasteiger partial charge in [-0.2, -0.15) is 0 Å². The maximum absolute atomic E-state index is 6.24. The van der Waals surface area contributed by atoms with Crippen molar-refractivity contribution in [2.75, 3.05) is 54.4 Å². The van der Waals surface area contributed by atoms with Gasteiger partial charge in [0.05, 0.1) is 13.1 Å². The van der Waals surface area contributed by atoms with Crippen molar-refractivity contribution in [3.8, 4) is 22.5 Å². The second kappa shape index (κ2) is 11.8. The van der Waals surface area contributed by atoms with E-state index in [1.807, 2.05) is 40.3 Å². The van der Waals surface area contributed by atoms with E-state index in [0.717, 1.165) is 68.5 Å². The Morgan fingerprint density at radius 2 is 1.00 bits per heavy atom. The predicted octanol–water partition coefficient (Wildman–Crippen LogP) is 4.52. The largest absolute Gasteiger partial charge is 0.384 e. The third-order valence-corrected chi connectivity index (χ3v) is 7.00. The number of likely N-dealkylation sites (N-methyl/N-ethyl adjacent to an activating group) is 2. The summed E-state index contributed by atoms with van der Waals surface area (Å²) in [5.74, 6) is 1.13. The number of hydrogen-bond acceptors (Lipinski definition) is 4. The highest BCUT2D eigenvalue weighted by atomic mass is 15.1. The lowest BCUT2D eigenvalue weighted by Crippen LogP contribution is -2.19. The minimum Gasteiger partial charge on any atom is -0.384 e. The van der Waals surface area contributed by atoms with Crippen molar-refractivity contribution in [3.05, 3.63) is 83.9 Å². The van der Waals surface area contributed by atoms with Crippen LogP contribution < -0.4 is 11.5 Å². The summed E-state index contributed by atoms with van der Waals surface area (Å²) in [7, 11) is 8.12. The number of fused-ring (bicyclic) bond motifs is 2. The van der Waals surface area contributed by atoms with Crippen LogP contribution in [0.1, 0.15) is 11.1 Å². The maximum atomic E-state index is 6.24. The highest BCUT2D eigenvalue weighted by Gasteiger charge is 2.09. The Kier molecular flexibility index (Phi) is 8.00. The van der Waals surface area contributed by atoms with E-state index in [1.165, 1.54) is 0 Å². The lowest BCUT2D eigenvalue weighted by Gasteiger charge is -2.07. The molecule has 8 nitrogen and oxygen atoms in total. The molecule has 3 aromatic carbocycles. The first-order valence-electron chi connectivity index (χ1n) is 13.5. The van der Waals surface area contributed by atoms with Gasteiger partial charge >= 0.3 is 0 Å². The summed E-state index contributed by atoms with van der Waals surface area (Å²) in [4.78, 5) is 20.3. The Morgan fingerprint density at radius 1 is 0.600 bits per heavy atom. The van der Waals surface area contributed by atoms with Gasteiger partial charge in [0.25, 0.3) is 0 Å². The number of hydrogen-bond donors (Lipinski definition) is 4. The molecule has 0 atom stereocenters. The summed E-state index contributed by atoms with van der Waals surface area (Å²) < 4.78 is 0. The molecule has 0 amide bonds. The van der Waals surface area contributed by atoms with E-state index in [1.54, 1.807) is 0 Å². The van der Waals surface area contributed by atoms with Crippen LogP contribution in [0, 0.1) is 0 Å². The van der Waals surface area contributed by atoms with Gasteiger partial charge in [-0.3, -0.25) is 9.98 Å². The van der Waals surface area contributed by atoms with Crippen LogP contribution in [0.25, 0.3) is 44.3 Å². The Bertz CT molecular complexity index is 1540.